The summed E-state index contributed by atoms with van der Waals surface area (Å²) in [6.45, 7) is 3.59. The van der Waals surface area contributed by atoms with E-state index in [2.05, 4.69) is 4.40 Å². The topological polar surface area (TPSA) is 63.6 Å². The highest BCUT2D eigenvalue weighted by molar-refractivity contribution is 7.90. The molecule has 0 saturated carbocycles. The van der Waals surface area contributed by atoms with Crippen molar-refractivity contribution < 1.29 is 13.2 Å². The smallest absolute Gasteiger partial charge is 0.283 e. The first-order valence-corrected chi connectivity index (χ1v) is 7.63. The molecule has 0 amide bonds. The molecule has 20 heavy (non-hydrogen) atoms. The molecule has 0 aliphatic heterocycles. The van der Waals surface area contributed by atoms with E-state index in [1.54, 1.807) is 19.1 Å². The summed E-state index contributed by atoms with van der Waals surface area (Å²) in [4.78, 5) is 11.3. The molecule has 104 valence electrons. The summed E-state index contributed by atoms with van der Waals surface area (Å²) >= 11 is 5.67. The number of benzene rings is 1. The van der Waals surface area contributed by atoms with Crippen LogP contribution in [0.3, 0.4) is 0 Å². The van der Waals surface area contributed by atoms with Gasteiger partial charge in [0.1, 0.15) is 0 Å². The highest BCUT2D eigenvalue weighted by atomic mass is 35.5. The van der Waals surface area contributed by atoms with Gasteiger partial charge in [0.15, 0.2) is 5.78 Å². The predicted octanol–water partition coefficient (Wildman–Crippen LogP) is 2.69. The van der Waals surface area contributed by atoms with Crippen LogP contribution in [0.2, 0.25) is 0 Å². The third-order valence-corrected chi connectivity index (χ3v) is 4.51. The molecule has 0 heterocycles. The Morgan fingerprint density at radius 1 is 1.15 bits per heavy atom. The average Bonchev–Trinajstić information content (AvgIpc) is 2.33. The van der Waals surface area contributed by atoms with Gasteiger partial charge in [0.05, 0.1) is 15.6 Å². The molecule has 0 fully saturated rings. The fourth-order valence-electron chi connectivity index (χ4n) is 1.82. The zero-order valence-electron chi connectivity index (χ0n) is 10.9. The summed E-state index contributed by atoms with van der Waals surface area (Å²) in [6.07, 6.45) is 3.76. The first-order chi connectivity index (χ1) is 9.29. The molecule has 0 unspecified atom stereocenters. The fraction of sp³-hybridized carbons (Fsp3) is 0.143. The van der Waals surface area contributed by atoms with E-state index >= 15 is 0 Å². The van der Waals surface area contributed by atoms with Crippen LogP contribution in [-0.4, -0.2) is 19.9 Å². The number of aryl methyl sites for hydroxylation is 2. The highest BCUT2D eigenvalue weighted by Crippen LogP contribution is 2.20. The van der Waals surface area contributed by atoms with Crippen LogP contribution in [0, 0.1) is 13.8 Å². The van der Waals surface area contributed by atoms with Crippen LogP contribution in [0.25, 0.3) is 0 Å². The standard InChI is InChI=1S/C14H12ClNO3S/c1-9-3-6-14(10(2)7-9)20(18,19)16-11-4-5-13(17)12(15)8-11/h3-8H,1-2H3/b16-11-. The molecule has 4 nitrogen and oxygen atoms in total. The molecule has 0 bridgehead atoms. The number of carbonyl (C=O) groups is 1. The lowest BCUT2D eigenvalue weighted by Gasteiger charge is -2.06. The van der Waals surface area contributed by atoms with Crippen molar-refractivity contribution in [1.82, 2.24) is 0 Å². The van der Waals surface area contributed by atoms with Gasteiger partial charge < -0.3 is 0 Å². The van der Waals surface area contributed by atoms with E-state index in [0.717, 1.165) is 5.56 Å². The largest absolute Gasteiger partial charge is 0.288 e. The number of carbonyl (C=O) groups excluding carboxylic acids is 1. The van der Waals surface area contributed by atoms with Gasteiger partial charge in [-0.1, -0.05) is 29.3 Å². The van der Waals surface area contributed by atoms with Crippen molar-refractivity contribution in [2.24, 2.45) is 4.40 Å². The van der Waals surface area contributed by atoms with Crippen molar-refractivity contribution >= 4 is 33.1 Å². The van der Waals surface area contributed by atoms with E-state index in [0.29, 0.717) is 5.56 Å². The van der Waals surface area contributed by atoms with Crippen LogP contribution in [-0.2, 0) is 14.8 Å². The van der Waals surface area contributed by atoms with Crippen molar-refractivity contribution in [2.45, 2.75) is 18.7 Å². The summed E-state index contributed by atoms with van der Waals surface area (Å²) in [6, 6.07) is 5.01. The molecule has 0 spiro atoms. The van der Waals surface area contributed by atoms with Gasteiger partial charge in [-0.25, -0.2) is 0 Å². The van der Waals surface area contributed by atoms with Gasteiger partial charge in [0.2, 0.25) is 0 Å². The van der Waals surface area contributed by atoms with Crippen molar-refractivity contribution in [2.75, 3.05) is 0 Å². The monoisotopic (exact) mass is 309 g/mol. The summed E-state index contributed by atoms with van der Waals surface area (Å²) in [7, 11) is -3.83. The number of nitrogens with zero attached hydrogens (tertiary/aromatic N) is 1. The van der Waals surface area contributed by atoms with E-state index in [1.807, 2.05) is 6.92 Å². The molecule has 1 aromatic rings. The summed E-state index contributed by atoms with van der Waals surface area (Å²) in [5.74, 6) is -0.366. The van der Waals surface area contributed by atoms with E-state index < -0.39 is 10.0 Å². The first kappa shape index (κ1) is 14.7. The molecule has 0 N–H and O–H groups in total. The minimum Gasteiger partial charge on any atom is -0.288 e. The molecule has 2 rings (SSSR count). The Hall–Kier alpha value is -1.72. The maximum Gasteiger partial charge on any atom is 0.283 e. The second kappa shape index (κ2) is 5.34. The number of rotatable bonds is 2. The number of hydrogen-bond acceptors (Lipinski definition) is 3. The Bertz CT molecular complexity index is 774. The van der Waals surface area contributed by atoms with Gasteiger partial charge in [-0.2, -0.15) is 12.8 Å². The predicted molar refractivity (Wildman–Crippen MR) is 78.6 cm³/mol. The fourth-order valence-corrected chi connectivity index (χ4v) is 3.19. The molecular formula is C14H12ClNO3S. The maximum absolute atomic E-state index is 12.2. The highest BCUT2D eigenvalue weighted by Gasteiger charge is 2.18. The Balaban J connectivity index is 2.47. The van der Waals surface area contributed by atoms with Gasteiger partial charge in [0.25, 0.3) is 10.0 Å². The molecule has 1 aromatic carbocycles. The molecule has 1 aliphatic rings. The quantitative estimate of drug-likeness (QED) is 0.789. The SMILES string of the molecule is Cc1ccc(S(=O)(=O)/N=C2/C=CC(=O)C(Cl)=C2)c(C)c1. The third kappa shape index (κ3) is 3.05. The van der Waals surface area contributed by atoms with Gasteiger partial charge in [-0.3, -0.25) is 4.79 Å². The number of allylic oxidation sites excluding steroid dienone is 4. The van der Waals surface area contributed by atoms with Crippen LogP contribution in [0.5, 0.6) is 0 Å². The molecule has 1 aliphatic carbocycles. The number of ketones is 1. The number of hydrogen-bond donors (Lipinski definition) is 0. The van der Waals surface area contributed by atoms with E-state index in [-0.39, 0.29) is 21.4 Å². The normalized spacial score (nSPS) is 17.4. The van der Waals surface area contributed by atoms with Crippen LogP contribution < -0.4 is 0 Å². The van der Waals surface area contributed by atoms with Crippen molar-refractivity contribution in [1.29, 1.82) is 0 Å². The summed E-state index contributed by atoms with van der Waals surface area (Å²) in [5.41, 5.74) is 1.73. The summed E-state index contributed by atoms with van der Waals surface area (Å²) < 4.78 is 28.2. The van der Waals surface area contributed by atoms with Crippen molar-refractivity contribution in [3.63, 3.8) is 0 Å². The van der Waals surface area contributed by atoms with Gasteiger partial charge in [-0.05, 0) is 43.7 Å². The Morgan fingerprint density at radius 2 is 1.85 bits per heavy atom. The molecular weight excluding hydrogens is 298 g/mol. The third-order valence-electron chi connectivity index (χ3n) is 2.75. The van der Waals surface area contributed by atoms with Gasteiger partial charge in [0, 0.05) is 0 Å². The second-order valence-corrected chi connectivity index (χ2v) is 6.43. The number of sulfonamides is 1. The van der Waals surface area contributed by atoms with Crippen molar-refractivity contribution in [3.8, 4) is 0 Å². The Kier molecular flexibility index (Phi) is 3.92. The van der Waals surface area contributed by atoms with Gasteiger partial charge >= 0.3 is 0 Å². The molecule has 0 radical (unpaired) electrons. The first-order valence-electron chi connectivity index (χ1n) is 5.81. The van der Waals surface area contributed by atoms with E-state index in [4.69, 9.17) is 11.6 Å². The van der Waals surface area contributed by atoms with Gasteiger partial charge in [-0.15, -0.1) is 0 Å². The maximum atomic E-state index is 12.2. The van der Waals surface area contributed by atoms with E-state index in [1.165, 1.54) is 24.3 Å². The minimum absolute atomic E-state index is 0.0536. The average molecular weight is 310 g/mol. The van der Waals surface area contributed by atoms with Crippen LogP contribution in [0.4, 0.5) is 0 Å². The van der Waals surface area contributed by atoms with Crippen LogP contribution in [0.15, 0.2) is 50.8 Å². The lowest BCUT2D eigenvalue weighted by Crippen LogP contribution is -2.08. The minimum atomic E-state index is -3.83. The van der Waals surface area contributed by atoms with Crippen LogP contribution in [0.1, 0.15) is 11.1 Å². The summed E-state index contributed by atoms with van der Waals surface area (Å²) in [5, 5.41) is -0.0536. The lowest BCUT2D eigenvalue weighted by molar-refractivity contribution is -0.110. The molecule has 6 heteroatoms. The van der Waals surface area contributed by atoms with Crippen molar-refractivity contribution in [3.05, 3.63) is 52.6 Å². The molecule has 0 atom stereocenters. The second-order valence-electron chi connectivity index (χ2n) is 4.45. The zero-order valence-corrected chi connectivity index (χ0v) is 12.5. The zero-order chi connectivity index (χ0) is 14.9. The molecule has 0 saturated heterocycles. The van der Waals surface area contributed by atoms with Crippen LogP contribution >= 0.6 is 11.6 Å². The lowest BCUT2D eigenvalue weighted by atomic mass is 10.2. The Labute approximate surface area is 122 Å². The van der Waals surface area contributed by atoms with E-state index in [9.17, 15) is 13.2 Å². The number of halogens is 1. The molecule has 0 aromatic heterocycles. The Morgan fingerprint density at radius 3 is 2.45 bits per heavy atom.